The fraction of sp³-hybridized carbons (Fsp3) is 0.150. The number of thioether (sulfide) groups is 1. The first-order valence-electron chi connectivity index (χ1n) is 8.53. The number of halogens is 2. The van der Waals surface area contributed by atoms with Gasteiger partial charge in [0.15, 0.2) is 0 Å². The maximum Gasteiger partial charge on any atom is 0.272 e. The Kier molecular flexibility index (Phi) is 6.09. The van der Waals surface area contributed by atoms with Crippen LogP contribution in [0.3, 0.4) is 0 Å². The van der Waals surface area contributed by atoms with Gasteiger partial charge in [0.25, 0.3) is 11.8 Å². The summed E-state index contributed by atoms with van der Waals surface area (Å²) in [4.78, 5) is 37.8. The highest BCUT2D eigenvalue weighted by Crippen LogP contribution is 2.39. The molecule has 2 aromatic rings. The van der Waals surface area contributed by atoms with Crippen LogP contribution in [0.25, 0.3) is 5.57 Å². The third-order valence-corrected chi connectivity index (χ3v) is 5.08. The van der Waals surface area contributed by atoms with Gasteiger partial charge in [0.05, 0.1) is 22.8 Å². The maximum absolute atomic E-state index is 14.2. The number of nitrogens with one attached hydrogen (secondary N) is 1. The number of carbonyl (C=O) groups excluding carboxylic acids is 3. The normalized spacial score (nSPS) is 14.0. The molecule has 29 heavy (non-hydrogen) atoms. The number of rotatable bonds is 6. The fourth-order valence-electron chi connectivity index (χ4n) is 2.85. The lowest BCUT2D eigenvalue weighted by Crippen LogP contribution is -2.32. The van der Waals surface area contributed by atoms with Gasteiger partial charge in [-0.05, 0) is 29.8 Å². The molecule has 0 aromatic heterocycles. The summed E-state index contributed by atoms with van der Waals surface area (Å²) in [5, 5.41) is 11.7. The number of amides is 3. The van der Waals surface area contributed by atoms with E-state index in [9.17, 15) is 23.2 Å². The van der Waals surface area contributed by atoms with Crippen LogP contribution < -0.4 is 10.2 Å². The zero-order valence-corrected chi connectivity index (χ0v) is 16.1. The van der Waals surface area contributed by atoms with Crippen LogP contribution in [0, 0.1) is 11.6 Å². The van der Waals surface area contributed by atoms with Gasteiger partial charge in [0, 0.05) is 24.4 Å². The first-order valence-corrected chi connectivity index (χ1v) is 9.52. The summed E-state index contributed by atoms with van der Waals surface area (Å²) >= 11 is 0.972. The highest BCUT2D eigenvalue weighted by molar-refractivity contribution is 8.04. The van der Waals surface area contributed by atoms with Crippen molar-refractivity contribution in [2.75, 3.05) is 22.6 Å². The molecule has 2 aromatic carbocycles. The zero-order valence-electron chi connectivity index (χ0n) is 15.2. The maximum atomic E-state index is 14.2. The zero-order chi connectivity index (χ0) is 21.1. The number of carbonyl (C=O) groups is 3. The van der Waals surface area contributed by atoms with Gasteiger partial charge in [-0.1, -0.05) is 12.1 Å². The molecule has 0 atom stereocenters. The first kappa shape index (κ1) is 20.7. The van der Waals surface area contributed by atoms with Crippen molar-refractivity contribution in [3.63, 3.8) is 0 Å². The van der Waals surface area contributed by atoms with E-state index in [-0.39, 0.29) is 34.4 Å². The van der Waals surface area contributed by atoms with E-state index < -0.39 is 23.4 Å². The highest BCUT2D eigenvalue weighted by Gasteiger charge is 2.41. The van der Waals surface area contributed by atoms with E-state index >= 15 is 0 Å². The van der Waals surface area contributed by atoms with E-state index in [2.05, 4.69) is 5.32 Å². The molecule has 0 saturated heterocycles. The first-order chi connectivity index (χ1) is 13.8. The van der Waals surface area contributed by atoms with Gasteiger partial charge >= 0.3 is 0 Å². The van der Waals surface area contributed by atoms with Crippen molar-refractivity contribution in [3.05, 3.63) is 64.6 Å². The lowest BCUT2D eigenvalue weighted by molar-refractivity contribution is -0.120. The SMILES string of the molecule is CC(=O)Nc1ccc(C2=C(SCCO)C(=O)N(c3ccc(F)cc3F)C2=O)cc1. The third-order valence-electron chi connectivity index (χ3n) is 4.02. The summed E-state index contributed by atoms with van der Waals surface area (Å²) in [5.74, 6) is -3.49. The lowest BCUT2D eigenvalue weighted by Gasteiger charge is -2.16. The van der Waals surface area contributed by atoms with Crippen LogP contribution in [-0.2, 0) is 14.4 Å². The lowest BCUT2D eigenvalue weighted by atomic mass is 10.1. The molecular formula is C20H16F2N2O4S. The smallest absolute Gasteiger partial charge is 0.272 e. The Labute approximate surface area is 169 Å². The number of hydrogen-bond donors (Lipinski definition) is 2. The van der Waals surface area contributed by atoms with E-state index in [1.165, 1.54) is 6.92 Å². The van der Waals surface area contributed by atoms with Gasteiger partial charge in [0.1, 0.15) is 11.6 Å². The molecule has 1 heterocycles. The molecule has 2 N–H and O–H groups in total. The molecule has 1 aliphatic heterocycles. The molecule has 0 aliphatic carbocycles. The average molecular weight is 418 g/mol. The third kappa shape index (κ3) is 4.20. The number of anilines is 2. The van der Waals surface area contributed by atoms with Gasteiger partial charge in [-0.15, -0.1) is 11.8 Å². The minimum absolute atomic E-state index is 0.0477. The van der Waals surface area contributed by atoms with E-state index in [4.69, 9.17) is 5.11 Å². The van der Waals surface area contributed by atoms with Crippen LogP contribution >= 0.6 is 11.8 Å². The van der Waals surface area contributed by atoms with Crippen molar-refractivity contribution in [2.24, 2.45) is 0 Å². The minimum atomic E-state index is -1.04. The summed E-state index contributed by atoms with van der Waals surface area (Å²) < 4.78 is 27.5. The van der Waals surface area contributed by atoms with Crippen LogP contribution in [0.4, 0.5) is 20.2 Å². The van der Waals surface area contributed by atoms with Crippen LogP contribution in [0.5, 0.6) is 0 Å². The number of aliphatic hydroxyl groups excluding tert-OH is 1. The Balaban J connectivity index is 2.04. The quantitative estimate of drug-likeness (QED) is 0.705. The predicted molar refractivity (Wildman–Crippen MR) is 106 cm³/mol. The van der Waals surface area contributed by atoms with E-state index in [1.54, 1.807) is 24.3 Å². The topological polar surface area (TPSA) is 86.7 Å². The Morgan fingerprint density at radius 2 is 1.79 bits per heavy atom. The molecule has 3 amide bonds. The molecular weight excluding hydrogens is 402 g/mol. The number of hydrogen-bond acceptors (Lipinski definition) is 5. The molecule has 0 unspecified atom stereocenters. The second kappa shape index (κ2) is 8.54. The van der Waals surface area contributed by atoms with Crippen LogP contribution in [0.15, 0.2) is 47.4 Å². The molecule has 0 saturated carbocycles. The van der Waals surface area contributed by atoms with Gasteiger partial charge < -0.3 is 10.4 Å². The summed E-state index contributed by atoms with van der Waals surface area (Å²) in [6.07, 6.45) is 0. The largest absolute Gasteiger partial charge is 0.396 e. The van der Waals surface area contributed by atoms with Crippen molar-refractivity contribution >= 4 is 46.4 Å². The second-order valence-electron chi connectivity index (χ2n) is 6.08. The van der Waals surface area contributed by atoms with E-state index in [1.807, 2.05) is 0 Å². The molecule has 6 nitrogen and oxygen atoms in total. The molecule has 0 fully saturated rings. The standard InChI is InChI=1S/C20H16F2N2O4S/c1-11(26)23-14-5-2-12(3-6-14)17-18(29-9-8-25)20(28)24(19(17)27)16-7-4-13(21)10-15(16)22/h2-7,10,25H,8-9H2,1H3,(H,23,26). The molecule has 1 aliphatic rings. The number of benzene rings is 2. The van der Waals surface area contributed by atoms with Crippen molar-refractivity contribution < 1.29 is 28.3 Å². The molecule has 150 valence electrons. The number of nitrogens with zero attached hydrogens (tertiary/aromatic N) is 1. The number of aliphatic hydroxyl groups is 1. The van der Waals surface area contributed by atoms with E-state index in [0.29, 0.717) is 22.2 Å². The summed E-state index contributed by atoms with van der Waals surface area (Å²) in [6, 6.07) is 8.81. The Hall–Kier alpha value is -3.04. The molecule has 9 heteroatoms. The Morgan fingerprint density at radius 3 is 2.38 bits per heavy atom. The van der Waals surface area contributed by atoms with Crippen molar-refractivity contribution in [1.29, 1.82) is 0 Å². The van der Waals surface area contributed by atoms with E-state index in [0.717, 1.165) is 23.9 Å². The van der Waals surface area contributed by atoms with Gasteiger partial charge in [-0.25, -0.2) is 13.7 Å². The summed E-state index contributed by atoms with van der Waals surface area (Å²) in [7, 11) is 0. The van der Waals surface area contributed by atoms with Crippen molar-refractivity contribution in [2.45, 2.75) is 6.92 Å². The Bertz CT molecular complexity index is 1020. The molecule has 0 bridgehead atoms. The fourth-order valence-corrected chi connectivity index (χ4v) is 3.71. The van der Waals surface area contributed by atoms with Crippen LogP contribution in [0.1, 0.15) is 12.5 Å². The molecule has 3 rings (SSSR count). The summed E-state index contributed by atoms with van der Waals surface area (Å²) in [6.45, 7) is 1.13. The Morgan fingerprint density at radius 1 is 1.10 bits per heavy atom. The minimum Gasteiger partial charge on any atom is -0.396 e. The number of imide groups is 1. The van der Waals surface area contributed by atoms with Crippen molar-refractivity contribution in [3.8, 4) is 0 Å². The second-order valence-corrected chi connectivity index (χ2v) is 7.18. The predicted octanol–water partition coefficient (Wildman–Crippen LogP) is 2.93. The van der Waals surface area contributed by atoms with Crippen LogP contribution in [0.2, 0.25) is 0 Å². The van der Waals surface area contributed by atoms with Crippen molar-refractivity contribution in [1.82, 2.24) is 0 Å². The highest BCUT2D eigenvalue weighted by atomic mass is 32.2. The van der Waals surface area contributed by atoms with Crippen LogP contribution in [-0.4, -0.2) is 35.2 Å². The van der Waals surface area contributed by atoms with Gasteiger partial charge in [0.2, 0.25) is 5.91 Å². The average Bonchev–Trinajstić information content (AvgIpc) is 2.90. The monoisotopic (exact) mass is 418 g/mol. The molecule has 0 spiro atoms. The summed E-state index contributed by atoms with van der Waals surface area (Å²) in [5.41, 5.74) is 0.590. The molecule has 0 radical (unpaired) electrons. The van der Waals surface area contributed by atoms with Gasteiger partial charge in [-0.2, -0.15) is 0 Å². The van der Waals surface area contributed by atoms with Gasteiger partial charge in [-0.3, -0.25) is 14.4 Å².